The first kappa shape index (κ1) is 14.7. The first-order valence-electron chi connectivity index (χ1n) is 7.81. The van der Waals surface area contributed by atoms with Crippen molar-refractivity contribution >= 4 is 16.9 Å². The molecule has 1 aliphatic rings. The minimum absolute atomic E-state index is 0.398. The summed E-state index contributed by atoms with van der Waals surface area (Å²) in [7, 11) is 2.03. The Morgan fingerprint density at radius 2 is 2.04 bits per heavy atom. The molecule has 1 aromatic carbocycles. The Balaban J connectivity index is 1.88. The van der Waals surface area contributed by atoms with E-state index in [0.29, 0.717) is 13.1 Å². The second kappa shape index (κ2) is 5.33. The van der Waals surface area contributed by atoms with Gasteiger partial charge >= 0.3 is 6.03 Å². The number of aromatic nitrogens is 2. The fraction of sp³-hybridized carbons (Fsp3) is 0.222. The monoisotopic (exact) mass is 324 g/mol. The van der Waals surface area contributed by atoms with Gasteiger partial charge in [0.05, 0.1) is 0 Å². The van der Waals surface area contributed by atoms with Crippen LogP contribution in [0.5, 0.6) is 0 Å². The molecule has 2 amide bonds. The van der Waals surface area contributed by atoms with Gasteiger partial charge in [0.15, 0.2) is 0 Å². The molecule has 0 bridgehead atoms. The maximum Gasteiger partial charge on any atom is 0.315 e. The predicted molar refractivity (Wildman–Crippen MR) is 89.8 cm³/mol. The van der Waals surface area contributed by atoms with Crippen LogP contribution in [0.25, 0.3) is 22.0 Å². The summed E-state index contributed by atoms with van der Waals surface area (Å²) in [6.07, 6.45) is 2.24. The highest BCUT2D eigenvalue weighted by Crippen LogP contribution is 2.33. The Labute approximate surface area is 138 Å². The second-order valence-corrected chi connectivity index (χ2v) is 6.09. The smallest absolute Gasteiger partial charge is 0.315 e. The third-order valence-corrected chi connectivity index (χ3v) is 4.78. The first-order chi connectivity index (χ1) is 11.5. The summed E-state index contributed by atoms with van der Waals surface area (Å²) in [6.45, 7) is 1.14. The van der Waals surface area contributed by atoms with Crippen molar-refractivity contribution < 1.29 is 9.18 Å². The molecule has 0 unspecified atom stereocenters. The number of rotatable bonds is 1. The number of fused-ring (bicyclic) bond motifs is 3. The van der Waals surface area contributed by atoms with Crippen molar-refractivity contribution in [3.63, 3.8) is 0 Å². The highest BCUT2D eigenvalue weighted by molar-refractivity contribution is 5.90. The Morgan fingerprint density at radius 1 is 1.25 bits per heavy atom. The van der Waals surface area contributed by atoms with Crippen LogP contribution in [0.4, 0.5) is 9.18 Å². The number of nitrogens with zero attached hydrogens (tertiary/aromatic N) is 3. The number of nitrogens with two attached hydrogens (primary N) is 1. The standard InChI is InChI=1S/C18H17FN4O/c1-22-15-3-2-11(12-4-6-21-17(19)9-12)8-13(15)14-10-23(18(20)24)7-5-16(14)22/h2-4,6,8-9H,5,7,10H2,1H3,(H2,20,24). The van der Waals surface area contributed by atoms with Crippen LogP contribution in [-0.2, 0) is 20.0 Å². The number of amides is 2. The van der Waals surface area contributed by atoms with Crippen molar-refractivity contribution in [3.8, 4) is 11.1 Å². The number of carbonyl (C=O) groups is 1. The van der Waals surface area contributed by atoms with E-state index in [1.54, 1.807) is 11.0 Å². The van der Waals surface area contributed by atoms with Gasteiger partial charge in [-0.25, -0.2) is 9.78 Å². The number of carbonyl (C=O) groups excluding carboxylic acids is 1. The number of benzene rings is 1. The number of hydrogen-bond acceptors (Lipinski definition) is 2. The molecule has 1 aliphatic heterocycles. The first-order valence-corrected chi connectivity index (χ1v) is 7.81. The zero-order chi connectivity index (χ0) is 16.8. The van der Waals surface area contributed by atoms with Gasteiger partial charge in [0.25, 0.3) is 0 Å². The molecule has 0 radical (unpaired) electrons. The second-order valence-electron chi connectivity index (χ2n) is 6.09. The Hall–Kier alpha value is -2.89. The molecular weight excluding hydrogens is 307 g/mol. The lowest BCUT2D eigenvalue weighted by molar-refractivity contribution is 0.202. The Bertz CT molecular complexity index is 963. The minimum Gasteiger partial charge on any atom is -0.351 e. The van der Waals surface area contributed by atoms with Crippen LogP contribution in [0.15, 0.2) is 36.5 Å². The molecule has 6 heteroatoms. The number of pyridine rings is 1. The summed E-state index contributed by atoms with van der Waals surface area (Å²) in [6, 6.07) is 8.88. The maximum atomic E-state index is 13.4. The highest BCUT2D eigenvalue weighted by Gasteiger charge is 2.24. The third-order valence-electron chi connectivity index (χ3n) is 4.78. The summed E-state index contributed by atoms with van der Waals surface area (Å²) in [5, 5.41) is 1.08. The summed E-state index contributed by atoms with van der Waals surface area (Å²) < 4.78 is 15.6. The van der Waals surface area contributed by atoms with E-state index in [1.165, 1.54) is 18.0 Å². The largest absolute Gasteiger partial charge is 0.351 e. The Kier molecular flexibility index (Phi) is 3.26. The van der Waals surface area contributed by atoms with Crippen LogP contribution in [0, 0.1) is 5.95 Å². The molecule has 0 spiro atoms. The van der Waals surface area contributed by atoms with E-state index in [4.69, 9.17) is 5.73 Å². The zero-order valence-corrected chi connectivity index (χ0v) is 13.3. The van der Waals surface area contributed by atoms with Gasteiger partial charge in [0.1, 0.15) is 0 Å². The molecular formula is C18H17FN4O. The van der Waals surface area contributed by atoms with Gasteiger partial charge in [-0.1, -0.05) is 6.07 Å². The summed E-state index contributed by atoms with van der Waals surface area (Å²) in [5.74, 6) is -0.498. The number of urea groups is 1. The number of hydrogen-bond donors (Lipinski definition) is 1. The molecule has 24 heavy (non-hydrogen) atoms. The van der Waals surface area contributed by atoms with Crippen LogP contribution in [-0.4, -0.2) is 27.0 Å². The summed E-state index contributed by atoms with van der Waals surface area (Å²) >= 11 is 0. The van der Waals surface area contributed by atoms with E-state index in [1.807, 2.05) is 25.2 Å². The quantitative estimate of drug-likeness (QED) is 0.700. The van der Waals surface area contributed by atoms with Crippen LogP contribution in [0.2, 0.25) is 0 Å². The Morgan fingerprint density at radius 3 is 2.79 bits per heavy atom. The van der Waals surface area contributed by atoms with Gasteiger partial charge < -0.3 is 15.2 Å². The average molecular weight is 324 g/mol. The lowest BCUT2D eigenvalue weighted by Crippen LogP contribution is -2.39. The van der Waals surface area contributed by atoms with Crippen molar-refractivity contribution in [2.24, 2.45) is 12.8 Å². The van der Waals surface area contributed by atoms with E-state index >= 15 is 0 Å². The minimum atomic E-state index is -0.498. The predicted octanol–water partition coefficient (Wildman–Crippen LogP) is 2.82. The van der Waals surface area contributed by atoms with Gasteiger partial charge in [-0.05, 0) is 29.3 Å². The molecule has 3 aromatic rings. The normalized spacial score (nSPS) is 14.0. The number of aryl methyl sites for hydroxylation is 1. The van der Waals surface area contributed by atoms with Gasteiger partial charge in [0.2, 0.25) is 5.95 Å². The van der Waals surface area contributed by atoms with E-state index in [-0.39, 0.29) is 0 Å². The van der Waals surface area contributed by atoms with Gasteiger partial charge in [0, 0.05) is 61.0 Å². The topological polar surface area (TPSA) is 64.2 Å². The van der Waals surface area contributed by atoms with Crippen LogP contribution >= 0.6 is 0 Å². The SMILES string of the molecule is Cn1c2c(c3cc(-c4ccnc(F)c4)ccc31)CN(C(N)=O)CC2. The van der Waals surface area contributed by atoms with Crippen molar-refractivity contribution in [3.05, 3.63) is 53.7 Å². The average Bonchev–Trinajstić information content (AvgIpc) is 2.87. The molecule has 4 rings (SSSR count). The van der Waals surface area contributed by atoms with E-state index in [9.17, 15) is 9.18 Å². The summed E-state index contributed by atoms with van der Waals surface area (Å²) in [5.41, 5.74) is 10.6. The fourth-order valence-corrected chi connectivity index (χ4v) is 3.53. The van der Waals surface area contributed by atoms with Gasteiger partial charge in [-0.15, -0.1) is 0 Å². The van der Waals surface area contributed by atoms with Crippen LogP contribution < -0.4 is 5.73 Å². The molecule has 0 saturated heterocycles. The number of primary amides is 1. The van der Waals surface area contributed by atoms with Crippen LogP contribution in [0.3, 0.4) is 0 Å². The molecule has 2 aromatic heterocycles. The lowest BCUT2D eigenvalue weighted by Gasteiger charge is -2.26. The fourth-order valence-electron chi connectivity index (χ4n) is 3.53. The molecule has 0 fully saturated rings. The van der Waals surface area contributed by atoms with E-state index in [2.05, 4.69) is 9.55 Å². The van der Waals surface area contributed by atoms with Gasteiger partial charge in [-0.3, -0.25) is 0 Å². The van der Waals surface area contributed by atoms with Crippen LogP contribution in [0.1, 0.15) is 11.3 Å². The third kappa shape index (κ3) is 2.22. The number of halogens is 1. The molecule has 2 N–H and O–H groups in total. The van der Waals surface area contributed by atoms with Crippen molar-refractivity contribution in [1.82, 2.24) is 14.5 Å². The summed E-state index contributed by atoms with van der Waals surface area (Å²) in [4.78, 5) is 16.8. The molecule has 122 valence electrons. The molecule has 0 saturated carbocycles. The van der Waals surface area contributed by atoms with Crippen molar-refractivity contribution in [2.75, 3.05) is 6.54 Å². The van der Waals surface area contributed by atoms with E-state index < -0.39 is 12.0 Å². The maximum absolute atomic E-state index is 13.4. The highest BCUT2D eigenvalue weighted by atomic mass is 19.1. The zero-order valence-electron chi connectivity index (χ0n) is 13.3. The van der Waals surface area contributed by atoms with E-state index in [0.717, 1.165) is 34.0 Å². The van der Waals surface area contributed by atoms with Gasteiger partial charge in [-0.2, -0.15) is 4.39 Å². The lowest BCUT2D eigenvalue weighted by atomic mass is 10.0. The molecule has 3 heterocycles. The molecule has 0 aliphatic carbocycles. The van der Waals surface area contributed by atoms with Crippen molar-refractivity contribution in [2.45, 2.75) is 13.0 Å². The molecule has 0 atom stereocenters. The van der Waals surface area contributed by atoms with Crippen molar-refractivity contribution in [1.29, 1.82) is 0 Å². The molecule has 5 nitrogen and oxygen atoms in total.